The number of benzene rings is 1. The maximum Gasteiger partial charge on any atom is 0.338 e. The van der Waals surface area contributed by atoms with Crippen LogP contribution in [0.25, 0.3) is 11.1 Å². The Balaban J connectivity index is 2.66. The monoisotopic (exact) mass is 263 g/mol. The number of aromatic nitrogens is 2. The third-order valence-electron chi connectivity index (χ3n) is 2.67. The number of rotatable bonds is 3. The highest BCUT2D eigenvalue weighted by Gasteiger charge is 2.18. The Hall–Kier alpha value is -2.70. The minimum absolute atomic E-state index is 0.122. The number of nitrogens with one attached hydrogen (secondary N) is 1. The second kappa shape index (κ2) is 4.89. The van der Waals surface area contributed by atoms with Crippen LogP contribution in [-0.4, -0.2) is 35.5 Å². The van der Waals surface area contributed by atoms with Crippen molar-refractivity contribution >= 4 is 11.8 Å². The molecule has 0 atom stereocenters. The van der Waals surface area contributed by atoms with Crippen molar-refractivity contribution < 1.29 is 19.4 Å². The molecule has 19 heavy (non-hydrogen) atoms. The molecule has 0 saturated heterocycles. The molecule has 2 rings (SSSR count). The van der Waals surface area contributed by atoms with E-state index in [2.05, 4.69) is 14.9 Å². The SMILES string of the molecule is COC(=O)c1cc(OC)c(O)c(-c2cn[nH]c2N)c1. The summed E-state index contributed by atoms with van der Waals surface area (Å²) in [4.78, 5) is 11.6. The molecular weight excluding hydrogens is 250 g/mol. The number of esters is 1. The number of ether oxygens (including phenoxy) is 2. The molecule has 0 aliphatic rings. The van der Waals surface area contributed by atoms with Crippen molar-refractivity contribution in [2.75, 3.05) is 20.0 Å². The van der Waals surface area contributed by atoms with E-state index in [4.69, 9.17) is 10.5 Å². The molecule has 7 heteroatoms. The van der Waals surface area contributed by atoms with Crippen LogP contribution in [0.15, 0.2) is 18.3 Å². The van der Waals surface area contributed by atoms with Gasteiger partial charge in [0.05, 0.1) is 26.0 Å². The summed E-state index contributed by atoms with van der Waals surface area (Å²) in [7, 11) is 2.66. The van der Waals surface area contributed by atoms with Crippen LogP contribution in [0, 0.1) is 0 Å². The van der Waals surface area contributed by atoms with Crippen LogP contribution in [0.3, 0.4) is 0 Å². The van der Waals surface area contributed by atoms with E-state index in [1.165, 1.54) is 32.5 Å². The van der Waals surface area contributed by atoms with Gasteiger partial charge in [0.15, 0.2) is 11.5 Å². The largest absolute Gasteiger partial charge is 0.504 e. The summed E-state index contributed by atoms with van der Waals surface area (Å²) < 4.78 is 9.68. The highest BCUT2D eigenvalue weighted by molar-refractivity contribution is 5.94. The molecular formula is C12H13N3O4. The summed E-state index contributed by atoms with van der Waals surface area (Å²) in [6.07, 6.45) is 1.45. The fourth-order valence-electron chi connectivity index (χ4n) is 1.72. The molecule has 0 unspecified atom stereocenters. The molecule has 4 N–H and O–H groups in total. The smallest absolute Gasteiger partial charge is 0.338 e. The van der Waals surface area contributed by atoms with Gasteiger partial charge >= 0.3 is 5.97 Å². The summed E-state index contributed by atoms with van der Waals surface area (Å²) in [5.74, 6) is -0.234. The summed E-state index contributed by atoms with van der Waals surface area (Å²) in [5.41, 5.74) is 6.76. The number of hydrogen-bond acceptors (Lipinski definition) is 6. The summed E-state index contributed by atoms with van der Waals surface area (Å²) in [6.45, 7) is 0. The van der Waals surface area contributed by atoms with E-state index in [1.807, 2.05) is 0 Å². The lowest BCUT2D eigenvalue weighted by atomic mass is 10.0. The number of nitrogens with zero attached hydrogens (tertiary/aromatic N) is 1. The van der Waals surface area contributed by atoms with Crippen LogP contribution in [-0.2, 0) is 4.74 Å². The molecule has 0 saturated carbocycles. The molecule has 1 aromatic carbocycles. The van der Waals surface area contributed by atoms with Gasteiger partial charge < -0.3 is 20.3 Å². The Labute approximate surface area is 109 Å². The Bertz CT molecular complexity index is 621. The Kier molecular flexibility index (Phi) is 3.28. The van der Waals surface area contributed by atoms with E-state index in [0.717, 1.165) is 0 Å². The third-order valence-corrected chi connectivity index (χ3v) is 2.67. The number of H-pyrrole nitrogens is 1. The standard InChI is InChI=1S/C12H13N3O4/c1-18-9-4-6(12(17)19-2)3-7(10(9)16)8-5-14-15-11(8)13/h3-5,16H,1-2H3,(H3,13,14,15). The second-order valence-electron chi connectivity index (χ2n) is 3.76. The van der Waals surface area contributed by atoms with Gasteiger partial charge in [-0.15, -0.1) is 0 Å². The number of phenolic OH excluding ortho intramolecular Hbond substituents is 1. The fourth-order valence-corrected chi connectivity index (χ4v) is 1.72. The topological polar surface area (TPSA) is 110 Å². The zero-order valence-electron chi connectivity index (χ0n) is 10.4. The number of nitrogens with two attached hydrogens (primary N) is 1. The molecule has 7 nitrogen and oxygen atoms in total. The molecule has 0 aliphatic carbocycles. The molecule has 0 spiro atoms. The minimum Gasteiger partial charge on any atom is -0.504 e. The maximum atomic E-state index is 11.6. The highest BCUT2D eigenvalue weighted by Crippen LogP contribution is 2.39. The number of anilines is 1. The minimum atomic E-state index is -0.540. The number of phenols is 1. The highest BCUT2D eigenvalue weighted by atomic mass is 16.5. The van der Waals surface area contributed by atoms with Crippen LogP contribution in [0.1, 0.15) is 10.4 Å². The van der Waals surface area contributed by atoms with Crippen molar-refractivity contribution in [1.82, 2.24) is 10.2 Å². The number of carbonyl (C=O) groups excluding carboxylic acids is 1. The van der Waals surface area contributed by atoms with E-state index in [-0.39, 0.29) is 22.9 Å². The molecule has 1 aromatic heterocycles. The van der Waals surface area contributed by atoms with Gasteiger partial charge in [-0.3, -0.25) is 5.10 Å². The van der Waals surface area contributed by atoms with Gasteiger partial charge in [0.25, 0.3) is 0 Å². The number of hydrogen-bond donors (Lipinski definition) is 3. The Morgan fingerprint density at radius 3 is 2.63 bits per heavy atom. The van der Waals surface area contributed by atoms with Crippen molar-refractivity contribution in [3.05, 3.63) is 23.9 Å². The quantitative estimate of drug-likeness (QED) is 0.717. The zero-order chi connectivity index (χ0) is 14.0. The van der Waals surface area contributed by atoms with Gasteiger partial charge in [-0.25, -0.2) is 4.79 Å². The summed E-state index contributed by atoms with van der Waals surface area (Å²) >= 11 is 0. The Morgan fingerprint density at radius 2 is 2.11 bits per heavy atom. The van der Waals surface area contributed by atoms with Crippen LogP contribution in [0.2, 0.25) is 0 Å². The predicted molar refractivity (Wildman–Crippen MR) is 68.0 cm³/mol. The van der Waals surface area contributed by atoms with Crippen molar-refractivity contribution in [2.24, 2.45) is 0 Å². The zero-order valence-corrected chi connectivity index (χ0v) is 10.4. The molecule has 1 heterocycles. The van der Waals surface area contributed by atoms with E-state index in [1.54, 1.807) is 0 Å². The predicted octanol–water partition coefficient (Wildman–Crippen LogP) is 1.16. The van der Waals surface area contributed by atoms with Crippen molar-refractivity contribution in [2.45, 2.75) is 0 Å². The fraction of sp³-hybridized carbons (Fsp3) is 0.167. The van der Waals surface area contributed by atoms with Gasteiger partial charge in [-0.1, -0.05) is 0 Å². The second-order valence-corrected chi connectivity index (χ2v) is 3.76. The molecule has 2 aromatic rings. The molecule has 0 aliphatic heterocycles. The van der Waals surface area contributed by atoms with E-state index in [9.17, 15) is 9.90 Å². The average molecular weight is 263 g/mol. The van der Waals surface area contributed by atoms with Crippen molar-refractivity contribution in [3.63, 3.8) is 0 Å². The van der Waals surface area contributed by atoms with Gasteiger partial charge in [-0.2, -0.15) is 5.10 Å². The number of aromatic hydroxyl groups is 1. The van der Waals surface area contributed by atoms with Gasteiger partial charge in [-0.05, 0) is 12.1 Å². The van der Waals surface area contributed by atoms with E-state index >= 15 is 0 Å². The average Bonchev–Trinajstić information content (AvgIpc) is 2.84. The van der Waals surface area contributed by atoms with Crippen LogP contribution < -0.4 is 10.5 Å². The molecule has 0 fully saturated rings. The summed E-state index contributed by atoms with van der Waals surface area (Å²) in [5, 5.41) is 16.4. The number of carbonyl (C=O) groups is 1. The maximum absolute atomic E-state index is 11.6. The lowest BCUT2D eigenvalue weighted by Gasteiger charge is -2.10. The third kappa shape index (κ3) is 2.17. The van der Waals surface area contributed by atoms with Crippen LogP contribution >= 0.6 is 0 Å². The van der Waals surface area contributed by atoms with Gasteiger partial charge in [0.2, 0.25) is 0 Å². The first-order valence-electron chi connectivity index (χ1n) is 5.37. The summed E-state index contributed by atoms with van der Waals surface area (Å²) in [6, 6.07) is 2.85. The number of aromatic amines is 1. The first-order chi connectivity index (χ1) is 9.08. The van der Waals surface area contributed by atoms with Gasteiger partial charge in [0.1, 0.15) is 5.82 Å². The van der Waals surface area contributed by atoms with Crippen molar-refractivity contribution in [1.29, 1.82) is 0 Å². The molecule has 100 valence electrons. The number of nitrogen functional groups attached to an aromatic ring is 1. The molecule has 0 bridgehead atoms. The van der Waals surface area contributed by atoms with E-state index < -0.39 is 5.97 Å². The lowest BCUT2D eigenvalue weighted by Crippen LogP contribution is -2.02. The molecule has 0 radical (unpaired) electrons. The van der Waals surface area contributed by atoms with Gasteiger partial charge in [0, 0.05) is 11.1 Å². The Morgan fingerprint density at radius 1 is 1.37 bits per heavy atom. The van der Waals surface area contributed by atoms with Crippen LogP contribution in [0.5, 0.6) is 11.5 Å². The molecule has 0 amide bonds. The van der Waals surface area contributed by atoms with E-state index in [0.29, 0.717) is 11.1 Å². The normalized spacial score (nSPS) is 10.2. The number of methoxy groups -OCH3 is 2. The lowest BCUT2D eigenvalue weighted by molar-refractivity contribution is 0.0600. The first-order valence-corrected chi connectivity index (χ1v) is 5.37. The van der Waals surface area contributed by atoms with Crippen LogP contribution in [0.4, 0.5) is 5.82 Å². The van der Waals surface area contributed by atoms with Crippen molar-refractivity contribution in [3.8, 4) is 22.6 Å². The first kappa shape index (κ1) is 12.7.